The summed E-state index contributed by atoms with van der Waals surface area (Å²) < 4.78 is 17.0. The van der Waals surface area contributed by atoms with Crippen LogP contribution in [0.2, 0.25) is 5.02 Å². The second-order valence-corrected chi connectivity index (χ2v) is 6.27. The molecule has 0 amide bonds. The van der Waals surface area contributed by atoms with Crippen LogP contribution in [-0.4, -0.2) is 25.4 Å². The van der Waals surface area contributed by atoms with Gasteiger partial charge in [-0.05, 0) is 44.4 Å². The molecule has 1 heterocycles. The monoisotopic (exact) mass is 318 g/mol. The van der Waals surface area contributed by atoms with E-state index in [1.807, 2.05) is 6.07 Å². The van der Waals surface area contributed by atoms with Gasteiger partial charge in [0.2, 0.25) is 0 Å². The summed E-state index contributed by atoms with van der Waals surface area (Å²) in [7, 11) is 1.59. The molecule has 20 heavy (non-hydrogen) atoms. The van der Waals surface area contributed by atoms with E-state index in [-0.39, 0.29) is 11.7 Å². The third-order valence-corrected chi connectivity index (χ3v) is 4.00. The normalized spacial score (nSPS) is 20.9. The van der Waals surface area contributed by atoms with E-state index in [0.29, 0.717) is 29.0 Å². The van der Waals surface area contributed by atoms with Crippen molar-refractivity contribution in [2.75, 3.05) is 13.7 Å². The van der Waals surface area contributed by atoms with Gasteiger partial charge in [-0.15, -0.1) is 11.6 Å². The molecule has 1 atom stereocenters. The predicted molar refractivity (Wildman–Crippen MR) is 81.2 cm³/mol. The van der Waals surface area contributed by atoms with Crippen LogP contribution in [0.15, 0.2) is 12.1 Å². The third-order valence-electron chi connectivity index (χ3n) is 3.41. The third kappa shape index (κ3) is 3.72. The molecule has 1 aliphatic heterocycles. The SMILES string of the molecule is COc1cc(CCl)cc(Cl)c1OCC1CCC(C)(C)O1. The first-order valence-corrected chi connectivity index (χ1v) is 7.59. The van der Waals surface area contributed by atoms with Gasteiger partial charge < -0.3 is 14.2 Å². The fourth-order valence-corrected chi connectivity index (χ4v) is 2.80. The molecule has 0 aliphatic carbocycles. The Morgan fingerprint density at radius 2 is 2.15 bits per heavy atom. The second-order valence-electron chi connectivity index (χ2n) is 5.59. The zero-order valence-electron chi connectivity index (χ0n) is 12.0. The lowest BCUT2D eigenvalue weighted by molar-refractivity contribution is -0.0328. The lowest BCUT2D eigenvalue weighted by atomic mass is 10.1. The van der Waals surface area contributed by atoms with Crippen LogP contribution in [-0.2, 0) is 10.6 Å². The summed E-state index contributed by atoms with van der Waals surface area (Å²) in [6, 6.07) is 3.64. The maximum atomic E-state index is 6.23. The molecule has 1 aromatic carbocycles. The summed E-state index contributed by atoms with van der Waals surface area (Å²) in [5, 5.41) is 0.511. The summed E-state index contributed by atoms with van der Waals surface area (Å²) in [6.07, 6.45) is 2.13. The van der Waals surface area contributed by atoms with Crippen molar-refractivity contribution in [3.63, 3.8) is 0 Å². The number of methoxy groups -OCH3 is 1. The van der Waals surface area contributed by atoms with Crippen LogP contribution in [0.5, 0.6) is 11.5 Å². The molecule has 0 N–H and O–H groups in total. The predicted octanol–water partition coefficient (Wildman–Crippen LogP) is 4.42. The molecule has 0 bridgehead atoms. The Morgan fingerprint density at radius 1 is 1.40 bits per heavy atom. The summed E-state index contributed by atoms with van der Waals surface area (Å²) >= 11 is 12.0. The maximum absolute atomic E-state index is 6.23. The molecule has 1 fully saturated rings. The average Bonchev–Trinajstić information content (AvgIpc) is 2.76. The molecule has 0 spiro atoms. The summed E-state index contributed by atoms with van der Waals surface area (Å²) in [5.41, 5.74) is 0.837. The van der Waals surface area contributed by atoms with Gasteiger partial charge in [-0.3, -0.25) is 0 Å². The van der Waals surface area contributed by atoms with E-state index in [1.54, 1.807) is 13.2 Å². The van der Waals surface area contributed by atoms with E-state index in [0.717, 1.165) is 18.4 Å². The number of hydrogen-bond acceptors (Lipinski definition) is 3. The molecule has 0 saturated carbocycles. The highest BCUT2D eigenvalue weighted by Crippen LogP contribution is 2.38. The molecule has 3 nitrogen and oxygen atoms in total. The Labute approximate surface area is 130 Å². The Bertz CT molecular complexity index is 474. The minimum Gasteiger partial charge on any atom is -0.493 e. The molecule has 1 aromatic rings. The van der Waals surface area contributed by atoms with Crippen molar-refractivity contribution < 1.29 is 14.2 Å². The molecule has 1 aliphatic rings. The average molecular weight is 319 g/mol. The minimum absolute atomic E-state index is 0.0651. The first kappa shape index (κ1) is 15.7. The molecular formula is C15H20Cl2O3. The van der Waals surface area contributed by atoms with Gasteiger partial charge in [0.05, 0.1) is 23.8 Å². The zero-order chi connectivity index (χ0) is 14.8. The number of rotatable bonds is 5. The summed E-state index contributed by atoms with van der Waals surface area (Å²) in [6.45, 7) is 4.66. The topological polar surface area (TPSA) is 27.7 Å². The van der Waals surface area contributed by atoms with Gasteiger partial charge in [-0.25, -0.2) is 0 Å². The van der Waals surface area contributed by atoms with Crippen LogP contribution in [0.25, 0.3) is 0 Å². The first-order chi connectivity index (χ1) is 9.45. The largest absolute Gasteiger partial charge is 0.493 e. The molecule has 0 aromatic heterocycles. The van der Waals surface area contributed by atoms with E-state index in [1.165, 1.54) is 0 Å². The fourth-order valence-electron chi connectivity index (χ4n) is 2.36. The lowest BCUT2D eigenvalue weighted by Crippen LogP contribution is -2.24. The Balaban J connectivity index is 2.06. The number of hydrogen-bond donors (Lipinski definition) is 0. The highest BCUT2D eigenvalue weighted by Gasteiger charge is 2.32. The van der Waals surface area contributed by atoms with Crippen LogP contribution in [0.4, 0.5) is 0 Å². The van der Waals surface area contributed by atoms with Gasteiger partial charge in [-0.1, -0.05) is 11.6 Å². The molecule has 0 radical (unpaired) electrons. The first-order valence-electron chi connectivity index (χ1n) is 6.68. The van der Waals surface area contributed by atoms with Crippen molar-refractivity contribution in [3.05, 3.63) is 22.7 Å². The van der Waals surface area contributed by atoms with Crippen molar-refractivity contribution in [3.8, 4) is 11.5 Å². The van der Waals surface area contributed by atoms with Crippen LogP contribution in [0.3, 0.4) is 0 Å². The molecule has 1 saturated heterocycles. The van der Waals surface area contributed by atoms with Gasteiger partial charge in [-0.2, -0.15) is 0 Å². The number of benzene rings is 1. The Kier molecular flexibility index (Phi) is 5.05. The number of alkyl halides is 1. The Hall–Kier alpha value is -0.640. The summed E-state index contributed by atoms with van der Waals surface area (Å²) in [5.74, 6) is 1.54. The molecule has 1 unspecified atom stereocenters. The van der Waals surface area contributed by atoms with Crippen molar-refractivity contribution in [1.82, 2.24) is 0 Å². The van der Waals surface area contributed by atoms with Gasteiger partial charge in [0, 0.05) is 5.88 Å². The van der Waals surface area contributed by atoms with Crippen molar-refractivity contribution in [1.29, 1.82) is 0 Å². The second kappa shape index (κ2) is 6.42. The highest BCUT2D eigenvalue weighted by atomic mass is 35.5. The van der Waals surface area contributed by atoms with Crippen molar-refractivity contribution in [2.45, 2.75) is 44.3 Å². The smallest absolute Gasteiger partial charge is 0.179 e. The molecule has 112 valence electrons. The van der Waals surface area contributed by atoms with Crippen molar-refractivity contribution in [2.24, 2.45) is 0 Å². The maximum Gasteiger partial charge on any atom is 0.179 e. The van der Waals surface area contributed by atoms with E-state index in [2.05, 4.69) is 13.8 Å². The van der Waals surface area contributed by atoms with Crippen molar-refractivity contribution >= 4 is 23.2 Å². The summed E-state index contributed by atoms with van der Waals surface area (Å²) in [4.78, 5) is 0. The zero-order valence-corrected chi connectivity index (χ0v) is 13.6. The van der Waals surface area contributed by atoms with Crippen LogP contribution in [0.1, 0.15) is 32.3 Å². The van der Waals surface area contributed by atoms with E-state index < -0.39 is 0 Å². The number of halogens is 2. The number of ether oxygens (including phenoxy) is 3. The van der Waals surface area contributed by atoms with E-state index in [9.17, 15) is 0 Å². The molecule has 2 rings (SSSR count). The standard InChI is InChI=1S/C15H20Cl2O3/c1-15(2)5-4-11(20-15)9-19-14-12(17)6-10(8-16)7-13(14)18-3/h6-7,11H,4-5,8-9H2,1-3H3. The van der Waals surface area contributed by atoms with Crippen LogP contribution in [0, 0.1) is 0 Å². The minimum atomic E-state index is -0.0651. The molecule has 5 heteroatoms. The highest BCUT2D eigenvalue weighted by molar-refractivity contribution is 6.32. The van der Waals surface area contributed by atoms with Gasteiger partial charge in [0.1, 0.15) is 6.61 Å². The van der Waals surface area contributed by atoms with E-state index in [4.69, 9.17) is 37.4 Å². The van der Waals surface area contributed by atoms with Gasteiger partial charge in [0.15, 0.2) is 11.5 Å². The lowest BCUT2D eigenvalue weighted by Gasteiger charge is -2.20. The van der Waals surface area contributed by atoms with Crippen LogP contribution >= 0.6 is 23.2 Å². The molecular weight excluding hydrogens is 299 g/mol. The van der Waals surface area contributed by atoms with Gasteiger partial charge in [0.25, 0.3) is 0 Å². The Morgan fingerprint density at radius 3 is 2.70 bits per heavy atom. The van der Waals surface area contributed by atoms with E-state index >= 15 is 0 Å². The van der Waals surface area contributed by atoms with Crippen LogP contribution < -0.4 is 9.47 Å². The van der Waals surface area contributed by atoms with Gasteiger partial charge >= 0.3 is 0 Å². The quantitative estimate of drug-likeness (QED) is 0.752. The fraction of sp³-hybridized carbons (Fsp3) is 0.600.